The fraction of sp³-hybridized carbons (Fsp3) is 0.611. The van der Waals surface area contributed by atoms with Crippen LogP contribution in [-0.4, -0.2) is 33.7 Å². The van der Waals surface area contributed by atoms with Crippen molar-refractivity contribution in [1.29, 1.82) is 0 Å². The standard InChI is InChI=1S/C18H22ClN3O4S/c1-10-2-11-5-18(19)8-17(4-10,6-13(11)18)9-26-16(24)21-15-20-12(7-27-15)3-14(23)22-25/h2,7,10,13,25H,3-6,8-9H2,1H3,(H,22,23)(H,20,21,24). The van der Waals surface area contributed by atoms with E-state index >= 15 is 0 Å². The molecule has 2 saturated carbocycles. The minimum absolute atomic E-state index is 0.0563. The highest BCUT2D eigenvalue weighted by Gasteiger charge is 2.62. The number of halogens is 1. The number of hydrogen-bond acceptors (Lipinski definition) is 6. The molecule has 2 bridgehead atoms. The number of nitrogens with one attached hydrogen (secondary N) is 2. The number of aromatic nitrogens is 1. The van der Waals surface area contributed by atoms with E-state index in [9.17, 15) is 9.59 Å². The second-order valence-corrected chi connectivity index (χ2v) is 9.74. The van der Waals surface area contributed by atoms with Crippen LogP contribution in [0.25, 0.3) is 0 Å². The average molecular weight is 412 g/mol. The zero-order chi connectivity index (χ0) is 19.2. The first-order valence-electron chi connectivity index (χ1n) is 9.01. The van der Waals surface area contributed by atoms with E-state index in [1.54, 1.807) is 10.9 Å². The molecule has 4 atom stereocenters. The number of alkyl halides is 1. The first kappa shape index (κ1) is 18.7. The summed E-state index contributed by atoms with van der Waals surface area (Å²) in [6.07, 6.45) is 5.55. The number of anilines is 1. The summed E-state index contributed by atoms with van der Waals surface area (Å²) < 4.78 is 5.55. The maximum Gasteiger partial charge on any atom is 0.413 e. The van der Waals surface area contributed by atoms with Crippen molar-refractivity contribution < 1.29 is 19.5 Å². The SMILES string of the molecule is CC1C=C2CC3(Cl)CC(COC(=O)Nc4nc(CC(=O)NO)cs4)(C1)CC23. The Kier molecular flexibility index (Phi) is 4.68. The number of ether oxygens (including phenoxy) is 1. The number of fused-ring (bicyclic) bond motifs is 1. The Morgan fingerprint density at radius 3 is 3.07 bits per heavy atom. The Balaban J connectivity index is 1.34. The molecule has 2 fully saturated rings. The van der Waals surface area contributed by atoms with Crippen molar-refractivity contribution in [3.8, 4) is 0 Å². The molecule has 4 rings (SSSR count). The Hall–Kier alpha value is -1.64. The minimum Gasteiger partial charge on any atom is -0.449 e. The normalized spacial score (nSPS) is 33.5. The number of carbonyl (C=O) groups excluding carboxylic acids is 2. The smallest absolute Gasteiger partial charge is 0.413 e. The van der Waals surface area contributed by atoms with Crippen LogP contribution in [0.15, 0.2) is 17.0 Å². The average Bonchev–Trinajstić information content (AvgIpc) is 3.07. The van der Waals surface area contributed by atoms with Gasteiger partial charge < -0.3 is 4.74 Å². The van der Waals surface area contributed by atoms with Crippen LogP contribution in [0.4, 0.5) is 9.93 Å². The van der Waals surface area contributed by atoms with Gasteiger partial charge in [-0.05, 0) is 31.6 Å². The Bertz CT molecular complexity index is 812. The summed E-state index contributed by atoms with van der Waals surface area (Å²) in [7, 11) is 0. The lowest BCUT2D eigenvalue weighted by Crippen LogP contribution is -2.41. The van der Waals surface area contributed by atoms with Crippen molar-refractivity contribution in [3.05, 3.63) is 22.7 Å². The Morgan fingerprint density at radius 2 is 2.30 bits per heavy atom. The van der Waals surface area contributed by atoms with Crippen molar-refractivity contribution in [2.75, 3.05) is 11.9 Å². The van der Waals surface area contributed by atoms with Crippen LogP contribution in [0.1, 0.15) is 38.3 Å². The topological polar surface area (TPSA) is 101 Å². The van der Waals surface area contributed by atoms with Gasteiger partial charge in [-0.25, -0.2) is 15.3 Å². The molecule has 1 heterocycles. The Morgan fingerprint density at radius 1 is 1.48 bits per heavy atom. The molecule has 3 aliphatic carbocycles. The Labute approximate surface area is 166 Å². The van der Waals surface area contributed by atoms with Gasteiger partial charge in [0.15, 0.2) is 5.13 Å². The monoisotopic (exact) mass is 411 g/mol. The minimum atomic E-state index is -0.560. The molecular formula is C18H22ClN3O4S. The third-order valence-electron chi connectivity index (χ3n) is 5.87. The highest BCUT2D eigenvalue weighted by molar-refractivity contribution is 7.13. The number of hydroxylamine groups is 1. The summed E-state index contributed by atoms with van der Waals surface area (Å²) in [5.41, 5.74) is 3.43. The molecular weight excluding hydrogens is 390 g/mol. The fourth-order valence-corrected chi connectivity index (χ4v) is 6.36. The molecule has 3 N–H and O–H groups in total. The molecule has 146 valence electrons. The molecule has 2 amide bonds. The lowest BCUT2D eigenvalue weighted by molar-refractivity contribution is -0.128. The van der Waals surface area contributed by atoms with Gasteiger partial charge in [-0.2, -0.15) is 0 Å². The second kappa shape index (κ2) is 6.76. The van der Waals surface area contributed by atoms with Gasteiger partial charge in [0, 0.05) is 16.7 Å². The maximum absolute atomic E-state index is 12.2. The second-order valence-electron chi connectivity index (χ2n) is 8.12. The van der Waals surface area contributed by atoms with Gasteiger partial charge in [0.05, 0.1) is 23.6 Å². The summed E-state index contributed by atoms with van der Waals surface area (Å²) in [5, 5.41) is 13.2. The largest absolute Gasteiger partial charge is 0.449 e. The van der Waals surface area contributed by atoms with Crippen LogP contribution in [0, 0.1) is 17.3 Å². The molecule has 1 aromatic heterocycles. The molecule has 1 aromatic rings. The molecule has 27 heavy (non-hydrogen) atoms. The van der Waals surface area contributed by atoms with Crippen molar-refractivity contribution in [3.63, 3.8) is 0 Å². The zero-order valence-electron chi connectivity index (χ0n) is 15.0. The van der Waals surface area contributed by atoms with Crippen LogP contribution in [0.2, 0.25) is 0 Å². The van der Waals surface area contributed by atoms with Gasteiger partial charge in [-0.3, -0.25) is 15.3 Å². The quantitative estimate of drug-likeness (QED) is 0.298. The lowest BCUT2D eigenvalue weighted by Gasteiger charge is -2.44. The van der Waals surface area contributed by atoms with Crippen molar-refractivity contribution in [1.82, 2.24) is 10.5 Å². The van der Waals surface area contributed by atoms with Gasteiger partial charge >= 0.3 is 6.09 Å². The van der Waals surface area contributed by atoms with E-state index in [2.05, 4.69) is 23.3 Å². The van der Waals surface area contributed by atoms with E-state index in [4.69, 9.17) is 21.5 Å². The maximum atomic E-state index is 12.2. The molecule has 0 saturated heterocycles. The summed E-state index contributed by atoms with van der Waals surface area (Å²) >= 11 is 7.99. The number of carbonyl (C=O) groups is 2. The summed E-state index contributed by atoms with van der Waals surface area (Å²) in [6, 6.07) is 0. The highest BCUT2D eigenvalue weighted by Crippen LogP contribution is 2.67. The lowest BCUT2D eigenvalue weighted by atomic mass is 9.69. The fourth-order valence-electron chi connectivity index (χ4n) is 5.01. The number of allylic oxidation sites excluding steroid dienone is 2. The molecule has 0 aromatic carbocycles. The number of thiazole rings is 1. The van der Waals surface area contributed by atoms with Crippen LogP contribution in [0.5, 0.6) is 0 Å². The van der Waals surface area contributed by atoms with Gasteiger partial charge in [0.2, 0.25) is 5.91 Å². The van der Waals surface area contributed by atoms with Crippen LogP contribution in [0.3, 0.4) is 0 Å². The van der Waals surface area contributed by atoms with Crippen LogP contribution >= 0.6 is 22.9 Å². The van der Waals surface area contributed by atoms with Gasteiger partial charge in [0.25, 0.3) is 0 Å². The first-order valence-corrected chi connectivity index (χ1v) is 10.3. The number of hydrogen-bond donors (Lipinski definition) is 3. The van der Waals surface area contributed by atoms with Crippen molar-refractivity contribution in [2.45, 2.75) is 43.9 Å². The van der Waals surface area contributed by atoms with Gasteiger partial charge in [-0.15, -0.1) is 22.9 Å². The molecule has 9 heteroatoms. The number of rotatable bonds is 5. The molecule has 3 aliphatic rings. The predicted molar refractivity (Wildman–Crippen MR) is 101 cm³/mol. The number of nitrogens with zero attached hydrogens (tertiary/aromatic N) is 1. The zero-order valence-corrected chi connectivity index (χ0v) is 16.5. The van der Waals surface area contributed by atoms with E-state index in [1.165, 1.54) is 16.9 Å². The molecule has 0 spiro atoms. The first-order chi connectivity index (χ1) is 12.8. The highest BCUT2D eigenvalue weighted by atomic mass is 35.5. The summed E-state index contributed by atoms with van der Waals surface area (Å²) in [6.45, 7) is 2.56. The third kappa shape index (κ3) is 3.58. The van der Waals surface area contributed by atoms with E-state index in [-0.39, 0.29) is 16.7 Å². The van der Waals surface area contributed by atoms with Crippen LogP contribution < -0.4 is 10.8 Å². The third-order valence-corrected chi connectivity index (χ3v) is 7.20. The van der Waals surface area contributed by atoms with Gasteiger partial charge in [0.1, 0.15) is 0 Å². The van der Waals surface area contributed by atoms with E-state index in [1.807, 2.05) is 0 Å². The van der Waals surface area contributed by atoms with E-state index in [0.717, 1.165) is 25.7 Å². The predicted octanol–water partition coefficient (Wildman–Crippen LogP) is 3.48. The van der Waals surface area contributed by atoms with Crippen LogP contribution in [-0.2, 0) is 16.0 Å². The van der Waals surface area contributed by atoms with E-state index < -0.39 is 12.0 Å². The molecule has 0 radical (unpaired) electrons. The molecule has 4 unspecified atom stereocenters. The van der Waals surface area contributed by atoms with Crippen molar-refractivity contribution >= 4 is 40.1 Å². The van der Waals surface area contributed by atoms with Crippen molar-refractivity contribution in [2.24, 2.45) is 17.3 Å². The van der Waals surface area contributed by atoms with E-state index in [0.29, 0.717) is 29.3 Å². The summed E-state index contributed by atoms with van der Waals surface area (Å²) in [4.78, 5) is 27.4. The molecule has 7 nitrogen and oxygen atoms in total. The number of amides is 2. The van der Waals surface area contributed by atoms with Gasteiger partial charge in [-0.1, -0.05) is 18.6 Å². The molecule has 0 aliphatic heterocycles. The summed E-state index contributed by atoms with van der Waals surface area (Å²) in [5.74, 6) is 0.335.